The molecule has 0 aliphatic heterocycles. The number of carbonyl (C=O) groups excluding carboxylic acids is 1. The maximum Gasteiger partial charge on any atom is 0.461 e. The lowest BCUT2D eigenvalue weighted by atomic mass is 10.1. The van der Waals surface area contributed by atoms with Gasteiger partial charge in [0.1, 0.15) is 0 Å². The van der Waals surface area contributed by atoms with Gasteiger partial charge in [0.15, 0.2) is 0 Å². The minimum atomic E-state index is -5.85. The molecular weight excluding hydrogens is 251 g/mol. The SMILES string of the molecule is Cc1cc(C(=O)C(F)(F)C(F)(F)F)c(C)s1. The second-order valence-electron chi connectivity index (χ2n) is 3.23. The van der Waals surface area contributed by atoms with Crippen molar-refractivity contribution in [2.45, 2.75) is 25.9 Å². The van der Waals surface area contributed by atoms with Gasteiger partial charge in [-0.25, -0.2) is 0 Å². The van der Waals surface area contributed by atoms with Gasteiger partial charge in [0, 0.05) is 15.3 Å². The molecule has 0 fully saturated rings. The number of carbonyl (C=O) groups is 1. The molecule has 1 nitrogen and oxygen atoms in total. The number of Topliss-reactive ketones (excluding diaryl/α,β-unsaturated/α-hetero) is 1. The largest absolute Gasteiger partial charge is 0.461 e. The Morgan fingerprint density at radius 2 is 1.69 bits per heavy atom. The lowest BCUT2D eigenvalue weighted by Crippen LogP contribution is -2.44. The van der Waals surface area contributed by atoms with Crippen molar-refractivity contribution in [1.29, 1.82) is 0 Å². The highest BCUT2D eigenvalue weighted by molar-refractivity contribution is 7.12. The number of rotatable bonds is 2. The van der Waals surface area contributed by atoms with Gasteiger partial charge in [-0.15, -0.1) is 11.3 Å². The first-order valence-electron chi connectivity index (χ1n) is 4.13. The van der Waals surface area contributed by atoms with Gasteiger partial charge in [-0.05, 0) is 19.9 Å². The summed E-state index contributed by atoms with van der Waals surface area (Å²) in [6.07, 6.45) is -5.85. The number of alkyl halides is 5. The molecule has 0 unspecified atom stereocenters. The summed E-state index contributed by atoms with van der Waals surface area (Å²) in [5, 5.41) is 0. The Balaban J connectivity index is 3.17. The van der Waals surface area contributed by atoms with Gasteiger partial charge in [0.25, 0.3) is 0 Å². The summed E-state index contributed by atoms with van der Waals surface area (Å²) in [6.45, 7) is 2.86. The van der Waals surface area contributed by atoms with Gasteiger partial charge >= 0.3 is 12.1 Å². The van der Waals surface area contributed by atoms with E-state index in [4.69, 9.17) is 0 Å². The average Bonchev–Trinajstić information content (AvgIpc) is 2.41. The molecule has 1 aromatic heterocycles. The molecule has 0 aliphatic carbocycles. The normalized spacial score (nSPS) is 12.9. The van der Waals surface area contributed by atoms with Crippen LogP contribution in [0, 0.1) is 13.8 Å². The standard InChI is InChI=1S/C9H7F5OS/c1-4-3-6(5(2)16-4)7(15)8(10,11)9(12,13)14/h3H,1-2H3. The lowest BCUT2D eigenvalue weighted by Gasteiger charge is -2.17. The zero-order valence-corrected chi connectivity index (χ0v) is 9.10. The monoisotopic (exact) mass is 258 g/mol. The van der Waals surface area contributed by atoms with Crippen molar-refractivity contribution in [2.24, 2.45) is 0 Å². The zero-order valence-electron chi connectivity index (χ0n) is 8.28. The van der Waals surface area contributed by atoms with E-state index >= 15 is 0 Å². The fourth-order valence-electron chi connectivity index (χ4n) is 1.15. The summed E-state index contributed by atoms with van der Waals surface area (Å²) >= 11 is 1.00. The summed E-state index contributed by atoms with van der Waals surface area (Å²) in [5.41, 5.74) is -0.565. The van der Waals surface area contributed by atoms with E-state index in [9.17, 15) is 26.7 Å². The van der Waals surface area contributed by atoms with Crippen LogP contribution in [0.15, 0.2) is 6.07 Å². The summed E-state index contributed by atoms with van der Waals surface area (Å²) in [6, 6.07) is 1.04. The molecule has 0 amide bonds. The smallest absolute Gasteiger partial charge is 0.287 e. The van der Waals surface area contributed by atoms with Gasteiger partial charge in [-0.1, -0.05) is 0 Å². The Bertz CT molecular complexity index is 418. The number of hydrogen-bond donors (Lipinski definition) is 0. The molecule has 1 rings (SSSR count). The second-order valence-corrected chi connectivity index (χ2v) is 4.69. The fourth-order valence-corrected chi connectivity index (χ4v) is 2.08. The maximum atomic E-state index is 12.7. The first kappa shape index (κ1) is 13.1. The number of hydrogen-bond acceptors (Lipinski definition) is 2. The molecule has 0 radical (unpaired) electrons. The molecule has 0 saturated carbocycles. The third-order valence-corrected chi connectivity index (χ3v) is 2.89. The Morgan fingerprint density at radius 3 is 2.00 bits per heavy atom. The number of halogens is 5. The van der Waals surface area contributed by atoms with E-state index in [1.165, 1.54) is 13.8 Å². The topological polar surface area (TPSA) is 17.1 Å². The van der Waals surface area contributed by atoms with Crippen LogP contribution in [-0.2, 0) is 0 Å². The van der Waals surface area contributed by atoms with Gasteiger partial charge in [-0.3, -0.25) is 4.79 Å². The van der Waals surface area contributed by atoms with E-state index in [0.29, 0.717) is 4.88 Å². The summed E-state index contributed by atoms with van der Waals surface area (Å²) in [7, 11) is 0. The van der Waals surface area contributed by atoms with E-state index in [1.807, 2.05) is 0 Å². The minimum Gasteiger partial charge on any atom is -0.287 e. The van der Waals surface area contributed by atoms with Crippen LogP contribution in [0.3, 0.4) is 0 Å². The lowest BCUT2D eigenvalue weighted by molar-refractivity contribution is -0.255. The molecule has 0 spiro atoms. The van der Waals surface area contributed by atoms with Crippen molar-refractivity contribution in [1.82, 2.24) is 0 Å². The molecule has 0 N–H and O–H groups in total. The average molecular weight is 258 g/mol. The Kier molecular flexibility index (Phi) is 3.11. The van der Waals surface area contributed by atoms with Crippen LogP contribution < -0.4 is 0 Å². The third kappa shape index (κ3) is 2.09. The van der Waals surface area contributed by atoms with Crippen molar-refractivity contribution < 1.29 is 26.7 Å². The molecule has 7 heteroatoms. The van der Waals surface area contributed by atoms with Crippen molar-refractivity contribution in [3.8, 4) is 0 Å². The van der Waals surface area contributed by atoms with Gasteiger partial charge in [0.2, 0.25) is 5.78 Å². The number of thiophene rings is 1. The molecule has 0 saturated heterocycles. The first-order valence-corrected chi connectivity index (χ1v) is 4.95. The minimum absolute atomic E-state index is 0.159. The molecule has 0 bridgehead atoms. The van der Waals surface area contributed by atoms with Crippen LogP contribution in [0.5, 0.6) is 0 Å². The predicted molar refractivity (Wildman–Crippen MR) is 49.1 cm³/mol. The van der Waals surface area contributed by atoms with E-state index in [0.717, 1.165) is 17.4 Å². The highest BCUT2D eigenvalue weighted by Crippen LogP contribution is 2.39. The van der Waals surface area contributed by atoms with E-state index in [-0.39, 0.29) is 4.88 Å². The predicted octanol–water partition coefficient (Wildman–Crippen LogP) is 3.75. The fraction of sp³-hybridized carbons (Fsp3) is 0.444. The van der Waals surface area contributed by atoms with Crippen molar-refractivity contribution in [3.63, 3.8) is 0 Å². The molecule has 16 heavy (non-hydrogen) atoms. The first-order chi connectivity index (χ1) is 7.07. The van der Waals surface area contributed by atoms with Gasteiger partial charge in [0.05, 0.1) is 0 Å². The third-order valence-electron chi connectivity index (χ3n) is 1.93. The highest BCUT2D eigenvalue weighted by Gasteiger charge is 2.63. The molecule has 0 aromatic carbocycles. The van der Waals surface area contributed by atoms with Crippen LogP contribution in [0.4, 0.5) is 22.0 Å². The quantitative estimate of drug-likeness (QED) is 0.583. The summed E-state index contributed by atoms with van der Waals surface area (Å²) < 4.78 is 61.3. The van der Waals surface area contributed by atoms with Crippen LogP contribution >= 0.6 is 11.3 Å². The number of aryl methyl sites for hydroxylation is 2. The molecule has 90 valence electrons. The van der Waals surface area contributed by atoms with E-state index in [2.05, 4.69) is 0 Å². The van der Waals surface area contributed by atoms with Crippen LogP contribution in [0.1, 0.15) is 20.1 Å². The van der Waals surface area contributed by atoms with Crippen molar-refractivity contribution in [2.75, 3.05) is 0 Å². The molecule has 0 atom stereocenters. The Morgan fingerprint density at radius 1 is 1.19 bits per heavy atom. The Labute approximate surface area is 91.9 Å². The van der Waals surface area contributed by atoms with Gasteiger partial charge in [-0.2, -0.15) is 22.0 Å². The van der Waals surface area contributed by atoms with E-state index in [1.54, 1.807) is 0 Å². The Hall–Kier alpha value is -0.980. The summed E-state index contributed by atoms with van der Waals surface area (Å²) in [5.74, 6) is -7.52. The number of ketones is 1. The van der Waals surface area contributed by atoms with Crippen LogP contribution in [0.2, 0.25) is 0 Å². The summed E-state index contributed by atoms with van der Waals surface area (Å²) in [4.78, 5) is 11.8. The van der Waals surface area contributed by atoms with Gasteiger partial charge < -0.3 is 0 Å². The molecular formula is C9H7F5OS. The zero-order chi connectivity index (χ0) is 12.7. The molecule has 1 heterocycles. The van der Waals surface area contributed by atoms with Crippen LogP contribution in [0.25, 0.3) is 0 Å². The van der Waals surface area contributed by atoms with Crippen molar-refractivity contribution >= 4 is 17.1 Å². The van der Waals surface area contributed by atoms with E-state index < -0.39 is 23.4 Å². The molecule has 0 aliphatic rings. The van der Waals surface area contributed by atoms with Crippen molar-refractivity contribution in [3.05, 3.63) is 21.4 Å². The highest BCUT2D eigenvalue weighted by atomic mass is 32.1. The second kappa shape index (κ2) is 3.80. The van der Waals surface area contributed by atoms with Crippen LogP contribution in [-0.4, -0.2) is 17.9 Å². The molecule has 1 aromatic rings. The maximum absolute atomic E-state index is 12.7.